The third-order valence-electron chi connectivity index (χ3n) is 3.29. The number of halogens is 1. The van der Waals surface area contributed by atoms with Crippen molar-refractivity contribution in [2.75, 3.05) is 0 Å². The number of hydrogen-bond donors (Lipinski definition) is 1. The Kier molecular flexibility index (Phi) is 3.54. The second-order valence-electron chi connectivity index (χ2n) is 4.52. The minimum atomic E-state index is -0.795. The van der Waals surface area contributed by atoms with Crippen LogP contribution in [0.15, 0.2) is 47.1 Å². The molecule has 0 bridgehead atoms. The van der Waals surface area contributed by atoms with Crippen LogP contribution in [0.5, 0.6) is 0 Å². The molecule has 2 heterocycles. The van der Waals surface area contributed by atoms with E-state index in [-0.39, 0.29) is 0 Å². The fourth-order valence-electron chi connectivity index (χ4n) is 2.28. The molecule has 0 spiro atoms. The van der Waals surface area contributed by atoms with Crippen molar-refractivity contribution in [1.29, 1.82) is 0 Å². The van der Waals surface area contributed by atoms with Crippen molar-refractivity contribution in [3.8, 4) is 0 Å². The molecule has 1 atom stereocenters. The van der Waals surface area contributed by atoms with Crippen LogP contribution < -0.4 is 0 Å². The van der Waals surface area contributed by atoms with Gasteiger partial charge in [0.05, 0.1) is 16.9 Å². The number of benzene rings is 1. The van der Waals surface area contributed by atoms with Crippen LogP contribution in [-0.4, -0.2) is 19.9 Å². The molecule has 3 aromatic rings. The summed E-state index contributed by atoms with van der Waals surface area (Å²) >= 11 is 3.50. The van der Waals surface area contributed by atoms with Crippen LogP contribution in [0, 0.1) is 0 Å². The molecular weight excluding hydrogens is 318 g/mol. The second-order valence-corrected chi connectivity index (χ2v) is 5.38. The molecule has 0 aliphatic heterocycles. The topological polar surface area (TPSA) is 50.9 Å². The number of rotatable bonds is 3. The van der Waals surface area contributed by atoms with E-state index in [1.807, 2.05) is 43.3 Å². The van der Waals surface area contributed by atoms with Crippen LogP contribution in [-0.2, 0) is 6.54 Å². The van der Waals surface area contributed by atoms with Gasteiger partial charge in [-0.15, -0.1) is 0 Å². The molecule has 2 aromatic heterocycles. The smallest absolute Gasteiger partial charge is 0.139 e. The van der Waals surface area contributed by atoms with Crippen LogP contribution in [0.2, 0.25) is 0 Å². The molecule has 102 valence electrons. The molecule has 4 nitrogen and oxygen atoms in total. The average molecular weight is 332 g/mol. The van der Waals surface area contributed by atoms with Gasteiger partial charge in [-0.2, -0.15) is 5.10 Å². The number of hydrogen-bond acceptors (Lipinski definition) is 3. The first-order valence-electron chi connectivity index (χ1n) is 6.45. The van der Waals surface area contributed by atoms with Crippen molar-refractivity contribution >= 4 is 26.8 Å². The first-order chi connectivity index (χ1) is 9.70. The van der Waals surface area contributed by atoms with E-state index in [2.05, 4.69) is 26.0 Å². The summed E-state index contributed by atoms with van der Waals surface area (Å²) in [6.07, 6.45) is 0.897. The first kappa shape index (κ1) is 13.3. The molecule has 0 radical (unpaired) electrons. The number of aliphatic hydroxyl groups excluding tert-OH is 1. The van der Waals surface area contributed by atoms with Crippen molar-refractivity contribution in [3.05, 3.63) is 58.5 Å². The Morgan fingerprint density at radius 2 is 2.10 bits per heavy atom. The van der Waals surface area contributed by atoms with Crippen molar-refractivity contribution in [1.82, 2.24) is 14.8 Å². The number of aromatic nitrogens is 3. The first-order valence-corrected chi connectivity index (χ1v) is 7.25. The van der Waals surface area contributed by atoms with Gasteiger partial charge < -0.3 is 5.11 Å². The molecule has 0 aliphatic carbocycles. The zero-order chi connectivity index (χ0) is 14.1. The van der Waals surface area contributed by atoms with Crippen molar-refractivity contribution in [2.24, 2.45) is 0 Å². The summed E-state index contributed by atoms with van der Waals surface area (Å²) in [6.45, 7) is 2.71. The van der Waals surface area contributed by atoms with Crippen molar-refractivity contribution in [2.45, 2.75) is 19.6 Å². The molecule has 20 heavy (non-hydrogen) atoms. The average Bonchev–Trinajstić information content (AvgIpc) is 2.94. The molecule has 1 unspecified atom stereocenters. The van der Waals surface area contributed by atoms with Gasteiger partial charge >= 0.3 is 0 Å². The largest absolute Gasteiger partial charge is 0.380 e. The molecule has 5 heteroatoms. The zero-order valence-corrected chi connectivity index (χ0v) is 12.6. The quantitative estimate of drug-likeness (QED) is 0.801. The summed E-state index contributed by atoms with van der Waals surface area (Å²) in [5.74, 6) is 0. The Morgan fingerprint density at radius 3 is 2.90 bits per heavy atom. The lowest BCUT2D eigenvalue weighted by Crippen LogP contribution is -2.11. The maximum atomic E-state index is 10.6. The lowest BCUT2D eigenvalue weighted by atomic mass is 10.1. The van der Waals surface area contributed by atoms with Crippen LogP contribution >= 0.6 is 15.9 Å². The van der Waals surface area contributed by atoms with E-state index in [4.69, 9.17) is 0 Å². The van der Waals surface area contributed by atoms with E-state index in [1.165, 1.54) is 0 Å². The van der Waals surface area contributed by atoms with Crippen molar-refractivity contribution < 1.29 is 5.11 Å². The number of aliphatic hydroxyl groups is 1. The van der Waals surface area contributed by atoms with Crippen LogP contribution in [0.3, 0.4) is 0 Å². The predicted molar refractivity (Wildman–Crippen MR) is 81.4 cm³/mol. The Bertz CT molecular complexity index is 754. The lowest BCUT2D eigenvalue weighted by Gasteiger charge is -2.14. The standard InChI is InChI=1S/C15H14BrN3O/c1-2-19-13(7-8-17-19)15(20)14-11(16)9-10-5-3-4-6-12(10)18-14/h3-9,15,20H,2H2,1H3. The lowest BCUT2D eigenvalue weighted by molar-refractivity contribution is 0.203. The van der Waals surface area contributed by atoms with E-state index in [1.54, 1.807) is 10.9 Å². The number of para-hydroxylation sites is 1. The number of fused-ring (bicyclic) bond motifs is 1. The maximum absolute atomic E-state index is 10.6. The number of pyridine rings is 1. The highest BCUT2D eigenvalue weighted by Gasteiger charge is 2.19. The molecule has 0 amide bonds. The van der Waals surface area contributed by atoms with E-state index >= 15 is 0 Å². The SMILES string of the molecule is CCn1nccc1C(O)c1nc2ccccc2cc1Br. The fourth-order valence-corrected chi connectivity index (χ4v) is 2.83. The molecule has 0 saturated heterocycles. The molecule has 0 aliphatic rings. The van der Waals surface area contributed by atoms with E-state index in [0.29, 0.717) is 12.2 Å². The monoisotopic (exact) mass is 331 g/mol. The third kappa shape index (κ3) is 2.23. The van der Waals surface area contributed by atoms with Crippen LogP contribution in [0.25, 0.3) is 10.9 Å². The highest BCUT2D eigenvalue weighted by molar-refractivity contribution is 9.10. The van der Waals surface area contributed by atoms with Crippen LogP contribution in [0.1, 0.15) is 24.4 Å². The van der Waals surface area contributed by atoms with Gasteiger partial charge in [0.2, 0.25) is 0 Å². The Balaban J connectivity index is 2.11. The van der Waals surface area contributed by atoms with Gasteiger partial charge in [0, 0.05) is 22.6 Å². The van der Waals surface area contributed by atoms with Gasteiger partial charge in [-0.05, 0) is 41.1 Å². The van der Waals surface area contributed by atoms with Crippen molar-refractivity contribution in [3.63, 3.8) is 0 Å². The minimum Gasteiger partial charge on any atom is -0.380 e. The fraction of sp³-hybridized carbons (Fsp3) is 0.200. The third-order valence-corrected chi connectivity index (χ3v) is 3.93. The second kappa shape index (κ2) is 5.34. The number of aryl methyl sites for hydroxylation is 1. The van der Waals surface area contributed by atoms with Gasteiger partial charge in [-0.3, -0.25) is 4.68 Å². The summed E-state index contributed by atoms with van der Waals surface area (Å²) in [5.41, 5.74) is 2.22. The van der Waals surface area contributed by atoms with Gasteiger partial charge in [0.25, 0.3) is 0 Å². The highest BCUT2D eigenvalue weighted by Crippen LogP contribution is 2.29. The molecular formula is C15H14BrN3O. The van der Waals surface area contributed by atoms with Gasteiger partial charge in [-0.1, -0.05) is 18.2 Å². The Morgan fingerprint density at radius 1 is 1.30 bits per heavy atom. The summed E-state index contributed by atoms with van der Waals surface area (Å²) in [4.78, 5) is 4.57. The van der Waals surface area contributed by atoms with Gasteiger partial charge in [0.15, 0.2) is 0 Å². The molecule has 0 fully saturated rings. The Labute approximate surface area is 125 Å². The predicted octanol–water partition coefficient (Wildman–Crippen LogP) is 3.30. The Hall–Kier alpha value is -1.72. The summed E-state index contributed by atoms with van der Waals surface area (Å²) in [6, 6.07) is 11.6. The zero-order valence-electron chi connectivity index (χ0n) is 11.0. The van der Waals surface area contributed by atoms with E-state index in [9.17, 15) is 5.11 Å². The van der Waals surface area contributed by atoms with Gasteiger partial charge in [0.1, 0.15) is 6.10 Å². The van der Waals surface area contributed by atoms with Gasteiger partial charge in [-0.25, -0.2) is 4.98 Å². The van der Waals surface area contributed by atoms with E-state index < -0.39 is 6.10 Å². The highest BCUT2D eigenvalue weighted by atomic mass is 79.9. The summed E-state index contributed by atoms with van der Waals surface area (Å²) < 4.78 is 2.57. The summed E-state index contributed by atoms with van der Waals surface area (Å²) in [7, 11) is 0. The molecule has 3 rings (SSSR count). The normalized spacial score (nSPS) is 12.8. The van der Waals surface area contributed by atoms with Crippen LogP contribution in [0.4, 0.5) is 0 Å². The molecule has 0 saturated carbocycles. The molecule has 1 N–H and O–H groups in total. The number of nitrogens with zero attached hydrogens (tertiary/aromatic N) is 3. The molecule has 1 aromatic carbocycles. The summed E-state index contributed by atoms with van der Waals surface area (Å²) in [5, 5.41) is 15.8. The minimum absolute atomic E-state index is 0.610. The maximum Gasteiger partial charge on any atom is 0.139 e. The van der Waals surface area contributed by atoms with E-state index in [0.717, 1.165) is 21.1 Å².